The van der Waals surface area contributed by atoms with Gasteiger partial charge in [-0.2, -0.15) is 0 Å². The van der Waals surface area contributed by atoms with Gasteiger partial charge in [0.25, 0.3) is 11.6 Å². The summed E-state index contributed by atoms with van der Waals surface area (Å²) in [5.41, 5.74) is 4.48. The van der Waals surface area contributed by atoms with Gasteiger partial charge >= 0.3 is 0 Å². The Morgan fingerprint density at radius 2 is 1.60 bits per heavy atom. The van der Waals surface area contributed by atoms with Crippen molar-refractivity contribution in [2.45, 2.75) is 20.3 Å². The van der Waals surface area contributed by atoms with Crippen molar-refractivity contribution in [3.8, 4) is 0 Å². The van der Waals surface area contributed by atoms with Crippen LogP contribution in [0, 0.1) is 24.0 Å². The quantitative estimate of drug-likeness (QED) is 0.425. The molecule has 1 fully saturated rings. The Morgan fingerprint density at radius 1 is 0.914 bits per heavy atom. The third kappa shape index (κ3) is 5.66. The zero-order chi connectivity index (χ0) is 24.9. The maximum absolute atomic E-state index is 12.7. The number of benzene rings is 3. The zero-order valence-electron chi connectivity index (χ0n) is 19.9. The Morgan fingerprint density at radius 3 is 2.26 bits per heavy atom. The third-order valence-corrected chi connectivity index (χ3v) is 6.39. The number of hydrogen-bond donors (Lipinski definition) is 1. The van der Waals surface area contributed by atoms with Crippen LogP contribution in [-0.4, -0.2) is 47.8 Å². The molecule has 0 atom stereocenters. The lowest BCUT2D eigenvalue weighted by Gasteiger charge is -2.36. The highest BCUT2D eigenvalue weighted by Crippen LogP contribution is 2.23. The molecule has 8 nitrogen and oxygen atoms in total. The fraction of sp³-hybridized carbons (Fsp3) is 0.259. The number of nitro groups is 1. The number of carbonyl (C=O) groups is 2. The standard InChI is InChI=1S/C27H28N4O4/c1-19-5-3-4-6-21(19)18-26(32)30-15-13-29(14-16-30)24-11-9-23(10-12-24)28-27(33)22-8-7-20(2)25(17-22)31(34)35/h3-12,17H,13-16,18H2,1-2H3,(H,28,33). The normalized spacial score (nSPS) is 13.4. The number of rotatable bonds is 6. The van der Waals surface area contributed by atoms with Crippen molar-refractivity contribution in [3.05, 3.63) is 99.1 Å². The van der Waals surface area contributed by atoms with E-state index in [1.165, 1.54) is 6.07 Å². The fourth-order valence-electron chi connectivity index (χ4n) is 4.20. The number of nitrogens with zero attached hydrogens (tertiary/aromatic N) is 3. The van der Waals surface area contributed by atoms with Crippen LogP contribution < -0.4 is 10.2 Å². The molecule has 0 unspecified atom stereocenters. The van der Waals surface area contributed by atoms with Gasteiger partial charge in [0, 0.05) is 54.7 Å². The molecule has 1 aliphatic heterocycles. The highest BCUT2D eigenvalue weighted by Gasteiger charge is 2.22. The second kappa shape index (κ2) is 10.4. The van der Waals surface area contributed by atoms with Gasteiger partial charge in [0.05, 0.1) is 11.3 Å². The van der Waals surface area contributed by atoms with E-state index in [0.717, 1.165) is 29.9 Å². The molecule has 0 spiro atoms. The Kier molecular flexibility index (Phi) is 7.10. The lowest BCUT2D eigenvalue weighted by atomic mass is 10.1. The minimum atomic E-state index is -0.489. The SMILES string of the molecule is Cc1ccccc1CC(=O)N1CCN(c2ccc(NC(=O)c3ccc(C)c([N+](=O)[O-])c3)cc2)CC1. The van der Waals surface area contributed by atoms with Gasteiger partial charge < -0.3 is 15.1 Å². The van der Waals surface area contributed by atoms with Gasteiger partial charge in [-0.1, -0.05) is 30.3 Å². The largest absolute Gasteiger partial charge is 0.368 e. The summed E-state index contributed by atoms with van der Waals surface area (Å²) in [7, 11) is 0. The summed E-state index contributed by atoms with van der Waals surface area (Å²) in [6, 6.07) is 19.9. The number of hydrogen-bond acceptors (Lipinski definition) is 5. The average molecular weight is 473 g/mol. The Bertz CT molecular complexity index is 1250. The Hall–Kier alpha value is -4.20. The van der Waals surface area contributed by atoms with Crippen LogP contribution in [0.25, 0.3) is 0 Å². The molecule has 4 rings (SSSR count). The van der Waals surface area contributed by atoms with Gasteiger partial charge in [-0.25, -0.2) is 0 Å². The van der Waals surface area contributed by atoms with E-state index in [-0.39, 0.29) is 17.2 Å². The van der Waals surface area contributed by atoms with Gasteiger partial charge in [0.2, 0.25) is 5.91 Å². The minimum absolute atomic E-state index is 0.0791. The molecule has 1 aliphatic rings. The maximum Gasteiger partial charge on any atom is 0.273 e. The van der Waals surface area contributed by atoms with E-state index >= 15 is 0 Å². The van der Waals surface area contributed by atoms with Crippen molar-refractivity contribution in [1.82, 2.24) is 4.90 Å². The molecule has 3 aromatic carbocycles. The summed E-state index contributed by atoms with van der Waals surface area (Å²) >= 11 is 0. The van der Waals surface area contributed by atoms with Crippen LogP contribution in [-0.2, 0) is 11.2 Å². The number of nitro benzene ring substituents is 1. The number of aryl methyl sites for hydroxylation is 2. The summed E-state index contributed by atoms with van der Waals surface area (Å²) < 4.78 is 0. The van der Waals surface area contributed by atoms with Crippen molar-refractivity contribution in [1.29, 1.82) is 0 Å². The van der Waals surface area contributed by atoms with Crippen LogP contribution in [0.4, 0.5) is 17.1 Å². The summed E-state index contributed by atoms with van der Waals surface area (Å²) in [5, 5.41) is 13.9. The highest BCUT2D eigenvalue weighted by atomic mass is 16.6. The number of piperazine rings is 1. The summed E-state index contributed by atoms with van der Waals surface area (Å²) in [6.45, 7) is 6.46. The second-order valence-electron chi connectivity index (χ2n) is 8.73. The van der Waals surface area contributed by atoms with Gasteiger partial charge in [0.1, 0.15) is 0 Å². The Balaban J connectivity index is 1.32. The zero-order valence-corrected chi connectivity index (χ0v) is 19.9. The number of nitrogens with one attached hydrogen (secondary N) is 1. The van der Waals surface area contributed by atoms with Crippen molar-refractivity contribution in [3.63, 3.8) is 0 Å². The smallest absolute Gasteiger partial charge is 0.273 e. The molecule has 1 N–H and O–H groups in total. The topological polar surface area (TPSA) is 95.8 Å². The van der Waals surface area contributed by atoms with Crippen molar-refractivity contribution >= 4 is 28.9 Å². The summed E-state index contributed by atoms with van der Waals surface area (Å²) in [6.07, 6.45) is 0.422. The first-order chi connectivity index (χ1) is 16.8. The second-order valence-corrected chi connectivity index (χ2v) is 8.73. The predicted octanol–water partition coefficient (Wildman–Crippen LogP) is 4.36. The van der Waals surface area contributed by atoms with Crippen LogP contribution in [0.3, 0.4) is 0 Å². The van der Waals surface area contributed by atoms with Gasteiger partial charge in [-0.05, 0) is 55.3 Å². The molecular weight excluding hydrogens is 444 g/mol. The van der Waals surface area contributed by atoms with E-state index in [1.54, 1.807) is 19.1 Å². The molecule has 0 aliphatic carbocycles. The van der Waals surface area contributed by atoms with Crippen LogP contribution in [0.15, 0.2) is 66.7 Å². The van der Waals surface area contributed by atoms with Crippen LogP contribution in [0.1, 0.15) is 27.0 Å². The monoisotopic (exact) mass is 472 g/mol. The van der Waals surface area contributed by atoms with Gasteiger partial charge in [-0.15, -0.1) is 0 Å². The lowest BCUT2D eigenvalue weighted by molar-refractivity contribution is -0.385. The van der Waals surface area contributed by atoms with Gasteiger partial charge in [-0.3, -0.25) is 19.7 Å². The molecule has 35 heavy (non-hydrogen) atoms. The molecule has 0 radical (unpaired) electrons. The summed E-state index contributed by atoms with van der Waals surface area (Å²) in [4.78, 5) is 40.1. The maximum atomic E-state index is 12.7. The van der Waals surface area contributed by atoms with Crippen molar-refractivity contribution in [2.75, 3.05) is 36.4 Å². The summed E-state index contributed by atoms with van der Waals surface area (Å²) in [5.74, 6) is -0.255. The molecule has 1 heterocycles. The molecular formula is C27H28N4O4. The molecule has 1 saturated heterocycles. The molecule has 0 saturated carbocycles. The first-order valence-electron chi connectivity index (χ1n) is 11.6. The Labute approximate surface area is 204 Å². The van der Waals surface area contributed by atoms with E-state index in [2.05, 4.69) is 10.2 Å². The molecule has 0 aromatic heterocycles. The number of amides is 2. The minimum Gasteiger partial charge on any atom is -0.368 e. The van der Waals surface area contributed by atoms with Crippen molar-refractivity contribution < 1.29 is 14.5 Å². The molecule has 2 amide bonds. The average Bonchev–Trinajstić information content (AvgIpc) is 2.86. The van der Waals surface area contributed by atoms with Crippen LogP contribution in [0.5, 0.6) is 0 Å². The lowest BCUT2D eigenvalue weighted by Crippen LogP contribution is -2.49. The third-order valence-electron chi connectivity index (χ3n) is 6.39. The van der Waals surface area contributed by atoms with E-state index in [9.17, 15) is 19.7 Å². The first kappa shape index (κ1) is 23.9. The highest BCUT2D eigenvalue weighted by molar-refractivity contribution is 6.04. The first-order valence-corrected chi connectivity index (χ1v) is 11.6. The van der Waals surface area contributed by atoms with Crippen LogP contribution in [0.2, 0.25) is 0 Å². The van der Waals surface area contributed by atoms with E-state index in [4.69, 9.17) is 0 Å². The van der Waals surface area contributed by atoms with Crippen molar-refractivity contribution in [2.24, 2.45) is 0 Å². The number of anilines is 2. The molecule has 8 heteroatoms. The van der Waals surface area contributed by atoms with E-state index in [1.807, 2.05) is 60.4 Å². The van der Waals surface area contributed by atoms with E-state index < -0.39 is 10.8 Å². The fourth-order valence-corrected chi connectivity index (χ4v) is 4.20. The van der Waals surface area contributed by atoms with Gasteiger partial charge in [0.15, 0.2) is 0 Å². The molecule has 0 bridgehead atoms. The van der Waals surface area contributed by atoms with E-state index in [0.29, 0.717) is 30.8 Å². The number of carbonyl (C=O) groups excluding carboxylic acids is 2. The molecule has 3 aromatic rings. The van der Waals surface area contributed by atoms with Crippen LogP contribution >= 0.6 is 0 Å². The predicted molar refractivity (Wildman–Crippen MR) is 136 cm³/mol. The molecule has 180 valence electrons.